The Morgan fingerprint density at radius 3 is 2.42 bits per heavy atom. The Morgan fingerprint density at radius 2 is 1.65 bits per heavy atom. The minimum atomic E-state index is -0.621. The molecule has 1 aliphatic carbocycles. The van der Waals surface area contributed by atoms with Crippen LogP contribution in [0, 0.1) is 0 Å². The van der Waals surface area contributed by atoms with E-state index in [0.29, 0.717) is 12.8 Å². The number of hydrogen-bond acceptors (Lipinski definition) is 5. The molecule has 31 heavy (non-hydrogen) atoms. The maximum absolute atomic E-state index is 13.0. The smallest absolute Gasteiger partial charge is 0.265 e. The monoisotopic (exact) mass is 412 g/mol. The standard InChI is InChI=1S/C25H20N2O4/c28-25(26-24-19-7-3-1-5-17(19)18-6-2-4-8-20(18)24)23-13-16(27-31-23)11-15-9-10-21-22(12-15)30-14-29-21/h1-10,12,23-24H,11,13-14H2,(H,26,28)/t23-/m0/s1. The first-order chi connectivity index (χ1) is 15.3. The van der Waals surface area contributed by atoms with E-state index < -0.39 is 6.10 Å². The van der Waals surface area contributed by atoms with Crippen LogP contribution in [-0.4, -0.2) is 24.5 Å². The number of fused-ring (bicyclic) bond motifs is 4. The number of carbonyl (C=O) groups is 1. The number of hydrogen-bond donors (Lipinski definition) is 1. The molecule has 0 unspecified atom stereocenters. The van der Waals surface area contributed by atoms with Gasteiger partial charge in [-0.3, -0.25) is 4.79 Å². The lowest BCUT2D eigenvalue weighted by Gasteiger charge is -2.18. The number of rotatable bonds is 4. The molecule has 0 bridgehead atoms. The van der Waals surface area contributed by atoms with E-state index in [1.165, 1.54) is 0 Å². The van der Waals surface area contributed by atoms with E-state index in [4.69, 9.17) is 14.3 Å². The quantitative estimate of drug-likeness (QED) is 0.704. The Bertz CT molecular complexity index is 1170. The van der Waals surface area contributed by atoms with Gasteiger partial charge in [-0.2, -0.15) is 0 Å². The molecule has 0 radical (unpaired) electrons. The molecule has 3 aromatic carbocycles. The molecule has 0 spiro atoms. The van der Waals surface area contributed by atoms with Gasteiger partial charge in [0.05, 0.1) is 11.8 Å². The van der Waals surface area contributed by atoms with E-state index in [-0.39, 0.29) is 18.7 Å². The van der Waals surface area contributed by atoms with Crippen molar-refractivity contribution in [3.63, 3.8) is 0 Å². The lowest BCUT2D eigenvalue weighted by Crippen LogP contribution is -2.37. The second kappa shape index (κ2) is 7.16. The minimum Gasteiger partial charge on any atom is -0.454 e. The van der Waals surface area contributed by atoms with Gasteiger partial charge in [-0.25, -0.2) is 0 Å². The number of benzene rings is 3. The number of nitrogens with one attached hydrogen (secondary N) is 1. The summed E-state index contributed by atoms with van der Waals surface area (Å²) in [5.41, 5.74) is 6.43. The van der Waals surface area contributed by atoms with Crippen LogP contribution in [-0.2, 0) is 16.1 Å². The van der Waals surface area contributed by atoms with Crippen LogP contribution in [0.1, 0.15) is 29.2 Å². The predicted octanol–water partition coefficient (Wildman–Crippen LogP) is 3.99. The van der Waals surface area contributed by atoms with E-state index in [0.717, 1.165) is 45.0 Å². The van der Waals surface area contributed by atoms with Crippen molar-refractivity contribution in [3.05, 3.63) is 83.4 Å². The van der Waals surface area contributed by atoms with Crippen LogP contribution in [0.4, 0.5) is 0 Å². The number of ether oxygens (including phenoxy) is 2. The van der Waals surface area contributed by atoms with Crippen LogP contribution >= 0.6 is 0 Å². The van der Waals surface area contributed by atoms with E-state index in [1.54, 1.807) is 0 Å². The summed E-state index contributed by atoms with van der Waals surface area (Å²) in [6, 6.07) is 22.0. The van der Waals surface area contributed by atoms with E-state index in [1.807, 2.05) is 42.5 Å². The zero-order valence-corrected chi connectivity index (χ0v) is 16.7. The van der Waals surface area contributed by atoms with Crippen molar-refractivity contribution in [3.8, 4) is 22.6 Å². The molecule has 6 nitrogen and oxygen atoms in total. The highest BCUT2D eigenvalue weighted by Crippen LogP contribution is 2.43. The van der Waals surface area contributed by atoms with Crippen LogP contribution in [0.15, 0.2) is 71.9 Å². The van der Waals surface area contributed by atoms with Gasteiger partial charge in [-0.05, 0) is 39.9 Å². The normalized spacial score (nSPS) is 18.2. The lowest BCUT2D eigenvalue weighted by atomic mass is 10.0. The lowest BCUT2D eigenvalue weighted by molar-refractivity contribution is -0.131. The molecule has 1 amide bonds. The third-order valence-corrected chi connectivity index (χ3v) is 5.99. The molecule has 0 aromatic heterocycles. The fourth-order valence-corrected chi connectivity index (χ4v) is 4.50. The Morgan fingerprint density at radius 1 is 0.935 bits per heavy atom. The van der Waals surface area contributed by atoms with Crippen LogP contribution in [0.5, 0.6) is 11.5 Å². The molecule has 2 aliphatic heterocycles. The summed E-state index contributed by atoms with van der Waals surface area (Å²) < 4.78 is 10.8. The Kier molecular flexibility index (Phi) is 4.16. The van der Waals surface area contributed by atoms with Gasteiger partial charge in [0.15, 0.2) is 11.5 Å². The van der Waals surface area contributed by atoms with Crippen LogP contribution in [0.2, 0.25) is 0 Å². The van der Waals surface area contributed by atoms with Gasteiger partial charge in [0.25, 0.3) is 5.91 Å². The van der Waals surface area contributed by atoms with Gasteiger partial charge in [0, 0.05) is 12.8 Å². The summed E-state index contributed by atoms with van der Waals surface area (Å²) in [5, 5.41) is 7.35. The van der Waals surface area contributed by atoms with Crippen molar-refractivity contribution in [2.75, 3.05) is 6.79 Å². The predicted molar refractivity (Wildman–Crippen MR) is 115 cm³/mol. The fraction of sp³-hybridized carbons (Fsp3) is 0.200. The summed E-state index contributed by atoms with van der Waals surface area (Å²) in [5.74, 6) is 1.34. The van der Waals surface area contributed by atoms with Gasteiger partial charge >= 0.3 is 0 Å². The van der Waals surface area contributed by atoms with Crippen molar-refractivity contribution in [2.45, 2.75) is 25.0 Å². The number of carbonyl (C=O) groups excluding carboxylic acids is 1. The third-order valence-electron chi connectivity index (χ3n) is 5.99. The molecule has 1 N–H and O–H groups in total. The number of amides is 1. The van der Waals surface area contributed by atoms with Crippen molar-refractivity contribution < 1.29 is 19.1 Å². The van der Waals surface area contributed by atoms with Gasteiger partial charge in [0.2, 0.25) is 12.9 Å². The highest BCUT2D eigenvalue weighted by atomic mass is 16.7. The molecule has 3 aromatic rings. The topological polar surface area (TPSA) is 69.2 Å². The average Bonchev–Trinajstić information content (AvgIpc) is 3.52. The summed E-state index contributed by atoms with van der Waals surface area (Å²) in [6.45, 7) is 0.249. The Labute approximate surface area is 179 Å². The van der Waals surface area contributed by atoms with Crippen LogP contribution in [0.3, 0.4) is 0 Å². The minimum absolute atomic E-state index is 0.152. The van der Waals surface area contributed by atoms with E-state index in [9.17, 15) is 4.79 Å². The van der Waals surface area contributed by atoms with Crippen molar-refractivity contribution in [1.29, 1.82) is 0 Å². The Balaban J connectivity index is 1.15. The Hall–Kier alpha value is -3.80. The summed E-state index contributed by atoms with van der Waals surface area (Å²) in [6.07, 6.45) is 0.454. The summed E-state index contributed by atoms with van der Waals surface area (Å²) in [4.78, 5) is 18.5. The zero-order valence-electron chi connectivity index (χ0n) is 16.7. The highest BCUT2D eigenvalue weighted by molar-refractivity contribution is 5.94. The number of oxime groups is 1. The van der Waals surface area contributed by atoms with E-state index in [2.05, 4.69) is 34.7 Å². The second-order valence-corrected chi connectivity index (χ2v) is 7.94. The molecule has 6 heteroatoms. The SMILES string of the molecule is O=C(NC1c2ccccc2-c2ccccc21)[C@@H]1CC(Cc2ccc3c(c2)OCO3)=NO1. The van der Waals surface area contributed by atoms with Gasteiger partial charge < -0.3 is 19.6 Å². The first-order valence-corrected chi connectivity index (χ1v) is 10.3. The van der Waals surface area contributed by atoms with Crippen LogP contribution < -0.4 is 14.8 Å². The molecule has 0 saturated heterocycles. The average molecular weight is 412 g/mol. The molecule has 6 rings (SSSR count). The van der Waals surface area contributed by atoms with Gasteiger partial charge in [-0.1, -0.05) is 59.8 Å². The summed E-state index contributed by atoms with van der Waals surface area (Å²) in [7, 11) is 0. The fourth-order valence-electron chi connectivity index (χ4n) is 4.50. The summed E-state index contributed by atoms with van der Waals surface area (Å²) >= 11 is 0. The molecule has 2 heterocycles. The van der Waals surface area contributed by atoms with Crippen molar-refractivity contribution in [1.82, 2.24) is 5.32 Å². The number of nitrogens with zero attached hydrogens (tertiary/aromatic N) is 1. The largest absolute Gasteiger partial charge is 0.454 e. The molecule has 3 aliphatic rings. The van der Waals surface area contributed by atoms with Crippen molar-refractivity contribution in [2.24, 2.45) is 5.16 Å². The molecule has 0 saturated carbocycles. The van der Waals surface area contributed by atoms with Crippen molar-refractivity contribution >= 4 is 11.6 Å². The van der Waals surface area contributed by atoms with Crippen LogP contribution in [0.25, 0.3) is 11.1 Å². The third kappa shape index (κ3) is 3.11. The maximum atomic E-state index is 13.0. The molecule has 1 atom stereocenters. The first-order valence-electron chi connectivity index (χ1n) is 10.3. The van der Waals surface area contributed by atoms with E-state index >= 15 is 0 Å². The maximum Gasteiger partial charge on any atom is 0.265 e. The molecule has 154 valence electrons. The highest BCUT2D eigenvalue weighted by Gasteiger charge is 2.34. The first kappa shape index (κ1) is 18.0. The molecular weight excluding hydrogens is 392 g/mol. The molecule has 0 fully saturated rings. The molecular formula is C25H20N2O4. The van der Waals surface area contributed by atoms with Gasteiger partial charge in [0.1, 0.15) is 0 Å². The second-order valence-electron chi connectivity index (χ2n) is 7.94. The van der Waals surface area contributed by atoms with Gasteiger partial charge in [-0.15, -0.1) is 0 Å². The zero-order chi connectivity index (χ0) is 20.8.